The van der Waals surface area contributed by atoms with Crippen LogP contribution in [0.1, 0.15) is 22.8 Å². The molecule has 128 valence electrons. The van der Waals surface area contributed by atoms with Crippen molar-refractivity contribution in [1.29, 1.82) is 0 Å². The van der Waals surface area contributed by atoms with Crippen LogP contribution in [0.2, 0.25) is 0 Å². The molecule has 0 bridgehead atoms. The lowest BCUT2D eigenvalue weighted by Crippen LogP contribution is -2.12. The summed E-state index contributed by atoms with van der Waals surface area (Å²) in [7, 11) is 0. The van der Waals surface area contributed by atoms with Crippen LogP contribution in [0, 0.1) is 0 Å². The summed E-state index contributed by atoms with van der Waals surface area (Å²) in [5.41, 5.74) is 5.66. The summed E-state index contributed by atoms with van der Waals surface area (Å²) in [4.78, 5) is 20.0. The summed E-state index contributed by atoms with van der Waals surface area (Å²) < 4.78 is 0. The first-order valence-corrected chi connectivity index (χ1v) is 8.66. The van der Waals surface area contributed by atoms with Crippen LogP contribution in [0.25, 0.3) is 22.0 Å². The van der Waals surface area contributed by atoms with Crippen LogP contribution < -0.4 is 5.32 Å². The summed E-state index contributed by atoms with van der Waals surface area (Å²) in [5.74, 6) is -0.133. The zero-order valence-corrected chi connectivity index (χ0v) is 14.5. The van der Waals surface area contributed by atoms with E-state index in [1.807, 2.05) is 60.9 Å². The number of anilines is 1. The molecule has 0 spiro atoms. The number of nitrogens with one attached hydrogen (secondary N) is 2. The van der Waals surface area contributed by atoms with Crippen molar-refractivity contribution in [1.82, 2.24) is 9.97 Å². The van der Waals surface area contributed by atoms with Gasteiger partial charge in [0.05, 0.1) is 11.9 Å². The minimum absolute atomic E-state index is 0.133. The molecular formula is C22H19N3O. The van der Waals surface area contributed by atoms with E-state index in [0.29, 0.717) is 11.3 Å². The maximum Gasteiger partial charge on any atom is 0.255 e. The molecule has 4 aromatic rings. The molecular weight excluding hydrogens is 322 g/mol. The third kappa shape index (κ3) is 3.09. The molecule has 0 saturated carbocycles. The van der Waals surface area contributed by atoms with Crippen LogP contribution in [-0.2, 0) is 6.42 Å². The molecule has 0 radical (unpaired) electrons. The second-order valence-corrected chi connectivity index (χ2v) is 6.21. The number of pyridine rings is 1. The lowest BCUT2D eigenvalue weighted by Gasteiger charge is -2.08. The smallest absolute Gasteiger partial charge is 0.255 e. The van der Waals surface area contributed by atoms with Gasteiger partial charge in [-0.2, -0.15) is 0 Å². The van der Waals surface area contributed by atoms with Crippen LogP contribution >= 0.6 is 0 Å². The minimum Gasteiger partial charge on any atom is -0.361 e. The zero-order valence-electron chi connectivity index (χ0n) is 14.5. The van der Waals surface area contributed by atoms with E-state index < -0.39 is 0 Å². The standard InChI is InChI=1S/C22H19N3O/c1-2-15-6-8-16(9-7-15)22(26)25-18-12-17(13-23-14-18)19-4-3-5-21-20(19)10-11-24-21/h3-14,24H,2H2,1H3,(H,25,26). The Kier molecular flexibility index (Phi) is 4.23. The van der Waals surface area contributed by atoms with E-state index >= 15 is 0 Å². The Balaban J connectivity index is 1.61. The quantitative estimate of drug-likeness (QED) is 0.546. The Morgan fingerprint density at radius 1 is 1.08 bits per heavy atom. The number of amides is 1. The first kappa shape index (κ1) is 16.1. The largest absolute Gasteiger partial charge is 0.361 e. The van der Waals surface area contributed by atoms with Crippen molar-refractivity contribution in [2.75, 3.05) is 5.32 Å². The molecule has 0 atom stereocenters. The molecule has 26 heavy (non-hydrogen) atoms. The molecule has 2 aromatic carbocycles. The van der Waals surface area contributed by atoms with E-state index in [1.165, 1.54) is 5.56 Å². The van der Waals surface area contributed by atoms with E-state index in [1.54, 1.807) is 6.20 Å². The molecule has 0 fully saturated rings. The van der Waals surface area contributed by atoms with Crippen LogP contribution in [0.4, 0.5) is 5.69 Å². The number of fused-ring (bicyclic) bond motifs is 1. The minimum atomic E-state index is -0.133. The Labute approximate surface area is 151 Å². The lowest BCUT2D eigenvalue weighted by molar-refractivity contribution is 0.102. The fraction of sp³-hybridized carbons (Fsp3) is 0.0909. The predicted molar refractivity (Wildman–Crippen MR) is 105 cm³/mol. The summed E-state index contributed by atoms with van der Waals surface area (Å²) >= 11 is 0. The highest BCUT2D eigenvalue weighted by atomic mass is 16.1. The van der Waals surface area contributed by atoms with Gasteiger partial charge in [-0.15, -0.1) is 0 Å². The van der Waals surface area contributed by atoms with Crippen molar-refractivity contribution < 1.29 is 4.79 Å². The third-order valence-corrected chi connectivity index (χ3v) is 4.53. The molecule has 2 heterocycles. The molecule has 0 aliphatic rings. The topological polar surface area (TPSA) is 57.8 Å². The van der Waals surface area contributed by atoms with E-state index in [0.717, 1.165) is 28.5 Å². The number of nitrogens with zero attached hydrogens (tertiary/aromatic N) is 1. The molecule has 0 aliphatic carbocycles. The maximum atomic E-state index is 12.5. The molecule has 2 aromatic heterocycles. The molecule has 1 amide bonds. The van der Waals surface area contributed by atoms with Gasteiger partial charge in [0.1, 0.15) is 0 Å². The van der Waals surface area contributed by atoms with Crippen LogP contribution in [0.5, 0.6) is 0 Å². The zero-order chi connectivity index (χ0) is 17.9. The van der Waals surface area contributed by atoms with Crippen LogP contribution in [0.3, 0.4) is 0 Å². The van der Waals surface area contributed by atoms with Gasteiger partial charge in [-0.3, -0.25) is 9.78 Å². The van der Waals surface area contributed by atoms with Crippen molar-refractivity contribution >= 4 is 22.5 Å². The highest BCUT2D eigenvalue weighted by Gasteiger charge is 2.09. The average Bonchev–Trinajstić information content (AvgIpc) is 3.17. The number of benzene rings is 2. The fourth-order valence-corrected chi connectivity index (χ4v) is 3.09. The van der Waals surface area contributed by atoms with E-state index in [9.17, 15) is 4.79 Å². The second kappa shape index (κ2) is 6.84. The molecule has 2 N–H and O–H groups in total. The Morgan fingerprint density at radius 3 is 2.73 bits per heavy atom. The summed E-state index contributed by atoms with van der Waals surface area (Å²) in [5, 5.41) is 4.07. The molecule has 0 aliphatic heterocycles. The fourth-order valence-electron chi connectivity index (χ4n) is 3.09. The third-order valence-electron chi connectivity index (χ3n) is 4.53. The van der Waals surface area contributed by atoms with Gasteiger partial charge in [0, 0.05) is 34.4 Å². The summed E-state index contributed by atoms with van der Waals surface area (Å²) in [6, 6.07) is 17.8. The van der Waals surface area contributed by atoms with Gasteiger partial charge in [0.25, 0.3) is 5.91 Å². The monoisotopic (exact) mass is 341 g/mol. The molecule has 0 saturated heterocycles. The van der Waals surface area contributed by atoms with Gasteiger partial charge >= 0.3 is 0 Å². The van der Waals surface area contributed by atoms with Crippen LogP contribution in [0.15, 0.2) is 73.2 Å². The molecule has 4 heteroatoms. The van der Waals surface area contributed by atoms with Crippen molar-refractivity contribution in [2.45, 2.75) is 13.3 Å². The number of aromatic nitrogens is 2. The number of aromatic amines is 1. The first-order valence-electron chi connectivity index (χ1n) is 8.66. The highest BCUT2D eigenvalue weighted by molar-refractivity contribution is 6.04. The van der Waals surface area contributed by atoms with Crippen molar-refractivity contribution in [2.24, 2.45) is 0 Å². The Bertz CT molecular complexity index is 1060. The van der Waals surface area contributed by atoms with Gasteiger partial charge in [-0.05, 0) is 47.9 Å². The lowest BCUT2D eigenvalue weighted by atomic mass is 10.0. The Morgan fingerprint density at radius 2 is 1.92 bits per heavy atom. The summed E-state index contributed by atoms with van der Waals surface area (Å²) in [6.45, 7) is 2.09. The SMILES string of the molecule is CCc1ccc(C(=O)Nc2cncc(-c3cccc4[nH]ccc34)c2)cc1. The number of aryl methyl sites for hydroxylation is 1. The number of carbonyl (C=O) groups is 1. The van der Waals surface area contributed by atoms with E-state index in [2.05, 4.69) is 28.3 Å². The number of rotatable bonds is 4. The second-order valence-electron chi connectivity index (χ2n) is 6.21. The van der Waals surface area contributed by atoms with Crippen molar-refractivity contribution in [3.63, 3.8) is 0 Å². The van der Waals surface area contributed by atoms with E-state index in [4.69, 9.17) is 0 Å². The van der Waals surface area contributed by atoms with E-state index in [-0.39, 0.29) is 5.91 Å². The molecule has 4 nitrogen and oxygen atoms in total. The molecule has 0 unspecified atom stereocenters. The van der Waals surface area contributed by atoms with Crippen molar-refractivity contribution in [3.8, 4) is 11.1 Å². The number of carbonyl (C=O) groups excluding carboxylic acids is 1. The van der Waals surface area contributed by atoms with Gasteiger partial charge in [-0.25, -0.2) is 0 Å². The van der Waals surface area contributed by atoms with Gasteiger partial charge in [0.15, 0.2) is 0 Å². The van der Waals surface area contributed by atoms with Crippen molar-refractivity contribution in [3.05, 3.63) is 84.3 Å². The van der Waals surface area contributed by atoms with Gasteiger partial charge in [-0.1, -0.05) is 31.2 Å². The average molecular weight is 341 g/mol. The number of hydrogen-bond acceptors (Lipinski definition) is 2. The molecule has 4 rings (SSSR count). The normalized spacial score (nSPS) is 10.8. The number of hydrogen-bond donors (Lipinski definition) is 2. The van der Waals surface area contributed by atoms with Gasteiger partial charge < -0.3 is 10.3 Å². The summed E-state index contributed by atoms with van der Waals surface area (Å²) in [6.07, 6.45) is 6.36. The van der Waals surface area contributed by atoms with Gasteiger partial charge in [0.2, 0.25) is 0 Å². The highest BCUT2D eigenvalue weighted by Crippen LogP contribution is 2.29. The maximum absolute atomic E-state index is 12.5. The first-order chi connectivity index (χ1) is 12.7. The number of H-pyrrole nitrogens is 1. The predicted octanol–water partition coefficient (Wildman–Crippen LogP) is 5.04. The van der Waals surface area contributed by atoms with Crippen LogP contribution in [-0.4, -0.2) is 15.9 Å². The Hall–Kier alpha value is -3.40.